The molecule has 0 aliphatic heterocycles. The summed E-state index contributed by atoms with van der Waals surface area (Å²) in [7, 11) is 0. The van der Waals surface area contributed by atoms with E-state index in [4.69, 9.17) is 4.74 Å². The minimum absolute atomic E-state index is 0.217. The van der Waals surface area contributed by atoms with Crippen LogP contribution in [0.4, 0.5) is 0 Å². The van der Waals surface area contributed by atoms with Crippen LogP contribution >= 0.6 is 0 Å². The van der Waals surface area contributed by atoms with Gasteiger partial charge < -0.3 is 14.9 Å². The van der Waals surface area contributed by atoms with Gasteiger partial charge in [-0.2, -0.15) is 0 Å². The Labute approximate surface area is 166 Å². The highest BCUT2D eigenvalue weighted by Crippen LogP contribution is 2.39. The lowest BCUT2D eigenvalue weighted by molar-refractivity contribution is -0.141. The lowest BCUT2D eigenvalue weighted by Crippen LogP contribution is -2.12. The maximum atomic E-state index is 10.9. The summed E-state index contributed by atoms with van der Waals surface area (Å²) >= 11 is 0. The minimum atomic E-state index is -0.217. The highest BCUT2D eigenvalue weighted by atomic mass is 16.5. The fourth-order valence-electron chi connectivity index (χ4n) is 4.05. The predicted molar refractivity (Wildman–Crippen MR) is 110 cm³/mol. The Kier molecular flexibility index (Phi) is 6.75. The molecule has 2 aromatic rings. The zero-order valence-electron chi connectivity index (χ0n) is 16.4. The molecule has 0 spiro atoms. The molecule has 148 valence electrons. The molecule has 2 N–H and O–H groups in total. The average molecular weight is 380 g/mol. The number of carbonyl (C=O) groups is 1. The van der Waals surface area contributed by atoms with Gasteiger partial charge in [-0.05, 0) is 85.4 Å². The molecule has 1 saturated carbocycles. The SMILES string of the molecule is CC(=O)OCCCC1CCCC(=C(c2ccc(O)cc2)c2ccc(O)cc2)C1. The van der Waals surface area contributed by atoms with Gasteiger partial charge in [0.05, 0.1) is 6.61 Å². The van der Waals surface area contributed by atoms with E-state index in [1.807, 2.05) is 24.3 Å². The van der Waals surface area contributed by atoms with Crippen LogP contribution in [0.1, 0.15) is 56.6 Å². The first-order chi connectivity index (χ1) is 13.5. The molecular formula is C24H28O4. The van der Waals surface area contributed by atoms with Crippen molar-refractivity contribution in [2.24, 2.45) is 5.92 Å². The van der Waals surface area contributed by atoms with E-state index in [9.17, 15) is 15.0 Å². The Hall–Kier alpha value is -2.75. The Morgan fingerprint density at radius 3 is 2.11 bits per heavy atom. The van der Waals surface area contributed by atoms with Crippen molar-refractivity contribution < 1.29 is 19.7 Å². The van der Waals surface area contributed by atoms with Gasteiger partial charge in [0.1, 0.15) is 11.5 Å². The molecule has 1 unspecified atom stereocenters. The lowest BCUT2D eigenvalue weighted by atomic mass is 9.78. The van der Waals surface area contributed by atoms with Crippen LogP contribution in [-0.2, 0) is 9.53 Å². The zero-order chi connectivity index (χ0) is 19.9. The van der Waals surface area contributed by atoms with Gasteiger partial charge in [0.15, 0.2) is 0 Å². The summed E-state index contributed by atoms with van der Waals surface area (Å²) < 4.78 is 5.07. The average Bonchev–Trinajstić information content (AvgIpc) is 2.69. The molecule has 0 amide bonds. The van der Waals surface area contributed by atoms with Gasteiger partial charge >= 0.3 is 5.97 Å². The van der Waals surface area contributed by atoms with E-state index in [-0.39, 0.29) is 17.5 Å². The van der Waals surface area contributed by atoms with Gasteiger partial charge in [-0.3, -0.25) is 4.79 Å². The summed E-state index contributed by atoms with van der Waals surface area (Å²) in [6, 6.07) is 14.7. The number of rotatable bonds is 6. The highest BCUT2D eigenvalue weighted by molar-refractivity contribution is 5.82. The molecule has 0 bridgehead atoms. The number of aromatic hydroxyl groups is 2. The number of phenolic OH excluding ortho intramolecular Hbond substituents is 2. The number of phenols is 2. The van der Waals surface area contributed by atoms with Crippen LogP contribution in [0.3, 0.4) is 0 Å². The van der Waals surface area contributed by atoms with Crippen molar-refractivity contribution in [3.8, 4) is 11.5 Å². The first-order valence-electron chi connectivity index (χ1n) is 9.97. The maximum absolute atomic E-state index is 10.9. The van der Waals surface area contributed by atoms with Crippen LogP contribution in [0.2, 0.25) is 0 Å². The van der Waals surface area contributed by atoms with Crippen LogP contribution in [0, 0.1) is 5.92 Å². The summed E-state index contributed by atoms with van der Waals surface area (Å²) in [4.78, 5) is 10.9. The second-order valence-electron chi connectivity index (χ2n) is 7.52. The Morgan fingerprint density at radius 2 is 1.57 bits per heavy atom. The molecule has 28 heavy (non-hydrogen) atoms. The Balaban J connectivity index is 1.85. The number of ether oxygens (including phenoxy) is 1. The van der Waals surface area contributed by atoms with E-state index >= 15 is 0 Å². The van der Waals surface area contributed by atoms with Gasteiger partial charge in [0, 0.05) is 6.92 Å². The van der Waals surface area contributed by atoms with E-state index < -0.39 is 0 Å². The van der Waals surface area contributed by atoms with Gasteiger partial charge in [0.25, 0.3) is 0 Å². The van der Waals surface area contributed by atoms with Crippen molar-refractivity contribution in [1.29, 1.82) is 0 Å². The molecule has 1 fully saturated rings. The second kappa shape index (κ2) is 9.45. The van der Waals surface area contributed by atoms with E-state index in [0.717, 1.165) is 43.2 Å². The molecule has 0 radical (unpaired) electrons. The molecule has 2 aromatic carbocycles. The lowest BCUT2D eigenvalue weighted by Gasteiger charge is -2.27. The monoisotopic (exact) mass is 380 g/mol. The van der Waals surface area contributed by atoms with Crippen molar-refractivity contribution in [2.45, 2.75) is 45.4 Å². The van der Waals surface area contributed by atoms with Gasteiger partial charge in [-0.1, -0.05) is 29.8 Å². The predicted octanol–water partition coefficient (Wildman–Crippen LogP) is 5.43. The second-order valence-corrected chi connectivity index (χ2v) is 7.52. The topological polar surface area (TPSA) is 66.8 Å². The van der Waals surface area contributed by atoms with Crippen LogP contribution in [0.5, 0.6) is 11.5 Å². The normalized spacial score (nSPS) is 16.6. The van der Waals surface area contributed by atoms with E-state index in [2.05, 4.69) is 0 Å². The van der Waals surface area contributed by atoms with E-state index in [1.165, 1.54) is 24.5 Å². The molecule has 3 rings (SSSR count). The highest BCUT2D eigenvalue weighted by Gasteiger charge is 2.21. The van der Waals surface area contributed by atoms with Crippen LogP contribution in [0.25, 0.3) is 5.57 Å². The maximum Gasteiger partial charge on any atom is 0.302 e. The third-order valence-electron chi connectivity index (χ3n) is 5.35. The fraction of sp³-hybridized carbons (Fsp3) is 0.375. The molecule has 1 aliphatic rings. The summed E-state index contributed by atoms with van der Waals surface area (Å²) in [5.74, 6) is 0.881. The fourth-order valence-corrected chi connectivity index (χ4v) is 4.05. The number of carbonyl (C=O) groups excluding carboxylic acids is 1. The molecule has 4 heteroatoms. The quantitative estimate of drug-likeness (QED) is 0.518. The van der Waals surface area contributed by atoms with Gasteiger partial charge in [-0.25, -0.2) is 0 Å². The Morgan fingerprint density at radius 1 is 1.00 bits per heavy atom. The molecule has 0 saturated heterocycles. The first-order valence-corrected chi connectivity index (χ1v) is 9.97. The summed E-state index contributed by atoms with van der Waals surface area (Å²) in [6.07, 6.45) is 6.37. The summed E-state index contributed by atoms with van der Waals surface area (Å²) in [6.45, 7) is 1.94. The number of hydrogen-bond acceptors (Lipinski definition) is 4. The van der Waals surface area contributed by atoms with Crippen molar-refractivity contribution in [3.63, 3.8) is 0 Å². The molecule has 0 heterocycles. The zero-order valence-corrected chi connectivity index (χ0v) is 16.4. The number of allylic oxidation sites excluding steroid dienone is 1. The molecule has 1 aliphatic carbocycles. The van der Waals surface area contributed by atoms with E-state index in [0.29, 0.717) is 12.5 Å². The number of benzene rings is 2. The van der Waals surface area contributed by atoms with E-state index in [1.54, 1.807) is 24.3 Å². The van der Waals surface area contributed by atoms with Crippen molar-refractivity contribution in [3.05, 3.63) is 65.2 Å². The van der Waals surface area contributed by atoms with Crippen LogP contribution in [0.15, 0.2) is 54.1 Å². The third kappa shape index (κ3) is 5.38. The molecule has 1 atom stereocenters. The molecule has 4 nitrogen and oxygen atoms in total. The first kappa shape index (κ1) is 20.0. The number of hydrogen-bond donors (Lipinski definition) is 2. The standard InChI is InChI=1S/C24H28O4/c1-17(25)28-15-3-5-18-4-2-6-21(16-18)24(19-7-11-22(26)12-8-19)20-9-13-23(27)14-10-20/h7-14,18,26-27H,2-6,15-16H2,1H3. The van der Waals surface area contributed by atoms with Gasteiger partial charge in [-0.15, -0.1) is 0 Å². The number of esters is 1. The van der Waals surface area contributed by atoms with Crippen LogP contribution in [-0.4, -0.2) is 22.8 Å². The van der Waals surface area contributed by atoms with Gasteiger partial charge in [0.2, 0.25) is 0 Å². The smallest absolute Gasteiger partial charge is 0.302 e. The van der Waals surface area contributed by atoms with Crippen molar-refractivity contribution in [1.82, 2.24) is 0 Å². The molecule has 0 aromatic heterocycles. The molecular weight excluding hydrogens is 352 g/mol. The minimum Gasteiger partial charge on any atom is -0.508 e. The Bertz CT molecular complexity index is 771. The summed E-state index contributed by atoms with van der Waals surface area (Å²) in [5, 5.41) is 19.3. The van der Waals surface area contributed by atoms with Crippen LogP contribution < -0.4 is 0 Å². The third-order valence-corrected chi connectivity index (χ3v) is 5.35. The summed E-state index contributed by atoms with van der Waals surface area (Å²) in [5.41, 5.74) is 4.78. The largest absolute Gasteiger partial charge is 0.508 e. The van der Waals surface area contributed by atoms with Crippen molar-refractivity contribution >= 4 is 11.5 Å². The van der Waals surface area contributed by atoms with Crippen molar-refractivity contribution in [2.75, 3.05) is 6.61 Å².